The highest BCUT2D eigenvalue weighted by Gasteiger charge is 2.10. The molecule has 0 spiro atoms. The van der Waals surface area contributed by atoms with Gasteiger partial charge in [-0.05, 0) is 40.8 Å². The van der Waals surface area contributed by atoms with Crippen molar-refractivity contribution in [3.63, 3.8) is 0 Å². The summed E-state index contributed by atoms with van der Waals surface area (Å²) in [7, 11) is 0. The van der Waals surface area contributed by atoms with Crippen molar-refractivity contribution in [2.75, 3.05) is 0 Å². The third-order valence-electron chi connectivity index (χ3n) is 3.27. The number of nitrogens with one attached hydrogen (secondary N) is 1. The van der Waals surface area contributed by atoms with Crippen LogP contribution in [0.25, 0.3) is 11.1 Å². The highest BCUT2D eigenvalue weighted by molar-refractivity contribution is 8.02. The zero-order valence-electron chi connectivity index (χ0n) is 12.7. The largest absolute Gasteiger partial charge is 0.477 e. The molecule has 2 aromatic rings. The van der Waals surface area contributed by atoms with E-state index in [1.807, 2.05) is 48.5 Å². The molecule has 0 saturated carbocycles. The van der Waals surface area contributed by atoms with Gasteiger partial charge in [-0.25, -0.2) is 10.6 Å². The second-order valence-electron chi connectivity index (χ2n) is 4.82. The number of benzene rings is 2. The summed E-state index contributed by atoms with van der Waals surface area (Å²) in [5.41, 5.74) is 10.7. The Morgan fingerprint density at radius 3 is 2.04 bits per heavy atom. The van der Waals surface area contributed by atoms with Gasteiger partial charge in [0.1, 0.15) is 10.7 Å². The highest BCUT2D eigenvalue weighted by atomic mass is 32.2. The Morgan fingerprint density at radius 1 is 1.04 bits per heavy atom. The van der Waals surface area contributed by atoms with E-state index in [9.17, 15) is 4.79 Å². The molecule has 0 fully saturated rings. The number of aliphatic carboxylic acids is 1. The number of hydrazine groups is 1. The smallest absolute Gasteiger partial charge is 0.354 e. The summed E-state index contributed by atoms with van der Waals surface area (Å²) >= 11 is 2.45. The molecule has 2 aromatic carbocycles. The van der Waals surface area contributed by atoms with Gasteiger partial charge in [-0.1, -0.05) is 36.4 Å². The summed E-state index contributed by atoms with van der Waals surface area (Å²) in [6.45, 7) is 0. The maximum Gasteiger partial charge on any atom is 0.354 e. The van der Waals surface area contributed by atoms with Crippen LogP contribution in [0.5, 0.6) is 0 Å². The van der Waals surface area contributed by atoms with E-state index in [-0.39, 0.29) is 10.7 Å². The second kappa shape index (κ2) is 8.65. The van der Waals surface area contributed by atoms with Crippen molar-refractivity contribution in [2.24, 2.45) is 16.7 Å². The Kier molecular flexibility index (Phi) is 6.56. The molecule has 0 aliphatic carbocycles. The van der Waals surface area contributed by atoms with Crippen molar-refractivity contribution in [1.29, 1.82) is 0 Å². The molecular formula is C16H18N4O2S2. The molecule has 0 bridgehead atoms. The Morgan fingerprint density at radius 2 is 1.58 bits per heavy atom. The Labute approximate surface area is 148 Å². The van der Waals surface area contributed by atoms with Crippen molar-refractivity contribution in [1.82, 2.24) is 5.43 Å². The molecule has 0 saturated heterocycles. The number of hydrogen-bond donors (Lipinski definition) is 5. The van der Waals surface area contributed by atoms with Crippen LogP contribution in [-0.4, -0.2) is 11.1 Å². The minimum atomic E-state index is -1.20. The maximum absolute atomic E-state index is 10.9. The molecule has 126 valence electrons. The number of thioether (sulfide) groups is 1. The molecular weight excluding hydrogens is 344 g/mol. The number of hydrogen-bond acceptors (Lipinski definition) is 7. The van der Waals surface area contributed by atoms with Gasteiger partial charge < -0.3 is 16.3 Å². The Hall–Kier alpha value is -2.13. The molecule has 8 heteroatoms. The first kappa shape index (κ1) is 18.2. The molecule has 0 radical (unpaired) electrons. The normalized spacial score (nSPS) is 11.8. The van der Waals surface area contributed by atoms with Crippen LogP contribution in [0.4, 0.5) is 0 Å². The molecule has 0 atom stereocenters. The zero-order valence-corrected chi connectivity index (χ0v) is 14.4. The lowest BCUT2D eigenvalue weighted by Gasteiger charge is -2.09. The van der Waals surface area contributed by atoms with E-state index in [0.29, 0.717) is 5.75 Å². The second-order valence-corrected chi connectivity index (χ2v) is 6.51. The van der Waals surface area contributed by atoms with E-state index < -0.39 is 5.97 Å². The average molecular weight is 362 g/mol. The number of carboxylic acid groups (broad SMARTS) is 1. The quantitative estimate of drug-likeness (QED) is 0.220. The zero-order chi connectivity index (χ0) is 17.5. The molecule has 2 rings (SSSR count). The van der Waals surface area contributed by atoms with E-state index >= 15 is 0 Å². The van der Waals surface area contributed by atoms with Crippen LogP contribution in [-0.2, 0) is 10.5 Å². The molecule has 24 heavy (non-hydrogen) atoms. The first-order valence-corrected chi connectivity index (χ1v) is 8.80. The summed E-state index contributed by atoms with van der Waals surface area (Å²) < 4.78 is 0. The monoisotopic (exact) mass is 362 g/mol. The predicted molar refractivity (Wildman–Crippen MR) is 99.4 cm³/mol. The van der Waals surface area contributed by atoms with Gasteiger partial charge in [0.2, 0.25) is 0 Å². The lowest BCUT2D eigenvalue weighted by atomic mass is 10.0. The van der Waals surface area contributed by atoms with Crippen LogP contribution in [0.1, 0.15) is 5.56 Å². The lowest BCUT2D eigenvalue weighted by Crippen LogP contribution is -2.26. The fraction of sp³-hybridized carbons (Fsp3) is 0.0625. The van der Waals surface area contributed by atoms with Crippen molar-refractivity contribution < 1.29 is 9.90 Å². The SMILES string of the molecule is NN/C(SCc1ccc(-c2ccc(SN)cc2)cc1)=C(\N)C(=O)O. The summed E-state index contributed by atoms with van der Waals surface area (Å²) in [6.07, 6.45) is 0. The molecule has 0 heterocycles. The first-order chi connectivity index (χ1) is 11.5. The van der Waals surface area contributed by atoms with Crippen molar-refractivity contribution in [3.05, 3.63) is 64.8 Å². The van der Waals surface area contributed by atoms with Gasteiger partial charge in [-0.15, -0.1) is 11.8 Å². The molecule has 0 aliphatic rings. The van der Waals surface area contributed by atoms with Crippen LogP contribution in [0.15, 0.2) is 64.2 Å². The summed E-state index contributed by atoms with van der Waals surface area (Å²) in [5, 5.41) is 14.6. The lowest BCUT2D eigenvalue weighted by molar-refractivity contribution is -0.132. The maximum atomic E-state index is 10.9. The fourth-order valence-corrected chi connectivity index (χ4v) is 3.09. The van der Waals surface area contributed by atoms with E-state index in [2.05, 4.69) is 5.43 Å². The van der Waals surface area contributed by atoms with Crippen LogP contribution in [0.2, 0.25) is 0 Å². The first-order valence-electron chi connectivity index (χ1n) is 6.93. The molecule has 0 unspecified atom stereocenters. The van der Waals surface area contributed by atoms with Gasteiger partial charge in [0.25, 0.3) is 0 Å². The van der Waals surface area contributed by atoms with Crippen LogP contribution in [0, 0.1) is 0 Å². The average Bonchev–Trinajstić information content (AvgIpc) is 2.62. The van der Waals surface area contributed by atoms with E-state index in [1.54, 1.807) is 0 Å². The summed E-state index contributed by atoms with van der Waals surface area (Å²) in [5.74, 6) is 4.67. The van der Waals surface area contributed by atoms with Crippen LogP contribution in [0.3, 0.4) is 0 Å². The standard InChI is InChI=1S/C16H18N4O2S2/c17-14(16(21)22)15(20-18)23-9-10-1-3-11(4-2-10)12-5-7-13(24-19)8-6-12/h1-8,20H,9,17-19H2,(H,21,22)/b15-14+. The van der Waals surface area contributed by atoms with Crippen molar-refractivity contribution in [2.45, 2.75) is 10.6 Å². The van der Waals surface area contributed by atoms with Gasteiger partial charge in [0, 0.05) is 10.6 Å². The van der Waals surface area contributed by atoms with E-state index in [4.69, 9.17) is 21.8 Å². The van der Waals surface area contributed by atoms with Gasteiger partial charge in [-0.2, -0.15) is 0 Å². The molecule has 8 N–H and O–H groups in total. The summed E-state index contributed by atoms with van der Waals surface area (Å²) in [4.78, 5) is 11.9. The van der Waals surface area contributed by atoms with Gasteiger partial charge in [0.15, 0.2) is 0 Å². The van der Waals surface area contributed by atoms with Gasteiger partial charge in [0.05, 0.1) is 0 Å². The fourth-order valence-electron chi connectivity index (χ4n) is 1.97. The number of carboxylic acids is 1. The van der Waals surface area contributed by atoms with Gasteiger partial charge in [-0.3, -0.25) is 5.14 Å². The minimum Gasteiger partial charge on any atom is -0.477 e. The van der Waals surface area contributed by atoms with Crippen molar-refractivity contribution in [3.8, 4) is 11.1 Å². The Balaban J connectivity index is 2.06. The third-order valence-corrected chi connectivity index (χ3v) is 4.92. The minimum absolute atomic E-state index is 0.237. The molecule has 0 aromatic heterocycles. The molecule has 0 aliphatic heterocycles. The number of carbonyl (C=O) groups is 1. The summed E-state index contributed by atoms with van der Waals surface area (Å²) in [6, 6.07) is 16.0. The Bertz CT molecular complexity index is 731. The predicted octanol–water partition coefficient (Wildman–Crippen LogP) is 2.23. The van der Waals surface area contributed by atoms with Crippen LogP contribution >= 0.6 is 23.7 Å². The number of nitrogens with two attached hydrogens (primary N) is 3. The van der Waals surface area contributed by atoms with Crippen molar-refractivity contribution >= 4 is 29.7 Å². The molecule has 6 nitrogen and oxygen atoms in total. The molecule has 0 amide bonds. The number of rotatable bonds is 7. The topological polar surface area (TPSA) is 127 Å². The van der Waals surface area contributed by atoms with E-state index in [1.165, 1.54) is 23.7 Å². The van der Waals surface area contributed by atoms with Crippen LogP contribution < -0.4 is 22.1 Å². The van der Waals surface area contributed by atoms with E-state index in [0.717, 1.165) is 21.6 Å². The van der Waals surface area contributed by atoms with Gasteiger partial charge >= 0.3 is 5.97 Å². The highest BCUT2D eigenvalue weighted by Crippen LogP contribution is 2.25. The third kappa shape index (κ3) is 4.68.